The minimum absolute atomic E-state index is 0.448. The third kappa shape index (κ3) is 3.64. The lowest BCUT2D eigenvalue weighted by Gasteiger charge is -2.48. The van der Waals surface area contributed by atoms with Crippen molar-refractivity contribution in [3.8, 4) is 0 Å². The van der Waals surface area contributed by atoms with E-state index < -0.39 is 0 Å². The van der Waals surface area contributed by atoms with Gasteiger partial charge in [0.15, 0.2) is 0 Å². The topological polar surface area (TPSA) is 29.3 Å². The number of rotatable bonds is 3. The first-order valence-electron chi connectivity index (χ1n) is 9.58. The lowest BCUT2D eigenvalue weighted by Crippen LogP contribution is -2.49. The Bertz CT molecular complexity index is 314. The molecule has 2 heteroatoms. The zero-order valence-corrected chi connectivity index (χ0v) is 14.2. The summed E-state index contributed by atoms with van der Waals surface area (Å²) in [5.74, 6) is 0.927. The number of hydrogen-bond acceptors (Lipinski definition) is 2. The lowest BCUT2D eigenvalue weighted by molar-refractivity contribution is 0.0284. The molecule has 3 rings (SSSR count). The van der Waals surface area contributed by atoms with Gasteiger partial charge in [0.25, 0.3) is 0 Å². The van der Waals surface area contributed by atoms with Crippen molar-refractivity contribution in [2.75, 3.05) is 26.2 Å². The van der Waals surface area contributed by atoms with E-state index in [4.69, 9.17) is 5.73 Å². The van der Waals surface area contributed by atoms with E-state index in [1.54, 1.807) is 0 Å². The summed E-state index contributed by atoms with van der Waals surface area (Å²) in [7, 11) is 0. The second-order valence-corrected chi connectivity index (χ2v) is 8.72. The van der Waals surface area contributed by atoms with E-state index in [0.29, 0.717) is 5.41 Å². The molecular formula is C19H36N2. The molecule has 2 aliphatic carbocycles. The van der Waals surface area contributed by atoms with E-state index in [-0.39, 0.29) is 0 Å². The molecule has 0 aromatic carbocycles. The molecule has 3 fully saturated rings. The Morgan fingerprint density at radius 2 is 1.52 bits per heavy atom. The maximum atomic E-state index is 6.21. The number of nitrogens with two attached hydrogens (primary N) is 1. The summed E-state index contributed by atoms with van der Waals surface area (Å²) in [6.07, 6.45) is 16.0. The van der Waals surface area contributed by atoms with Gasteiger partial charge in [-0.15, -0.1) is 0 Å². The van der Waals surface area contributed by atoms with Gasteiger partial charge in [0, 0.05) is 6.54 Å². The first-order valence-corrected chi connectivity index (χ1v) is 9.58. The fourth-order valence-corrected chi connectivity index (χ4v) is 5.26. The van der Waals surface area contributed by atoms with Crippen molar-refractivity contribution >= 4 is 0 Å². The molecule has 0 aromatic rings. The van der Waals surface area contributed by atoms with Crippen LogP contribution in [0.3, 0.4) is 0 Å². The maximum Gasteiger partial charge on any atom is 0.00501 e. The Labute approximate surface area is 131 Å². The molecule has 1 spiro atoms. The third-order valence-corrected chi connectivity index (χ3v) is 7.16. The normalized spacial score (nSPS) is 37.7. The number of piperidine rings is 1. The van der Waals surface area contributed by atoms with Crippen LogP contribution in [-0.4, -0.2) is 31.1 Å². The SMILES string of the molecule is CC1CCC(CN)(CN2CCC3(CCCCC3)CC2)CC1. The average Bonchev–Trinajstić information content (AvgIpc) is 2.53. The van der Waals surface area contributed by atoms with Crippen molar-refractivity contribution in [3.05, 3.63) is 0 Å². The quantitative estimate of drug-likeness (QED) is 0.845. The van der Waals surface area contributed by atoms with Crippen molar-refractivity contribution in [1.82, 2.24) is 4.90 Å². The molecule has 2 saturated carbocycles. The number of likely N-dealkylation sites (tertiary alicyclic amines) is 1. The Morgan fingerprint density at radius 1 is 0.905 bits per heavy atom. The molecule has 0 radical (unpaired) electrons. The van der Waals surface area contributed by atoms with Gasteiger partial charge in [-0.1, -0.05) is 39.0 Å². The van der Waals surface area contributed by atoms with Gasteiger partial charge in [-0.2, -0.15) is 0 Å². The Balaban J connectivity index is 1.52. The summed E-state index contributed by atoms with van der Waals surface area (Å²) >= 11 is 0. The zero-order chi connectivity index (χ0) is 14.8. The Morgan fingerprint density at radius 3 is 2.10 bits per heavy atom. The van der Waals surface area contributed by atoms with Gasteiger partial charge < -0.3 is 10.6 Å². The van der Waals surface area contributed by atoms with Crippen LogP contribution in [0.15, 0.2) is 0 Å². The predicted molar refractivity (Wildman–Crippen MR) is 90.3 cm³/mol. The second-order valence-electron chi connectivity index (χ2n) is 8.72. The number of hydrogen-bond donors (Lipinski definition) is 1. The molecule has 122 valence electrons. The molecule has 0 atom stereocenters. The molecule has 21 heavy (non-hydrogen) atoms. The van der Waals surface area contributed by atoms with Crippen molar-refractivity contribution in [1.29, 1.82) is 0 Å². The average molecular weight is 293 g/mol. The van der Waals surface area contributed by atoms with Gasteiger partial charge in [-0.05, 0) is 74.9 Å². The van der Waals surface area contributed by atoms with Gasteiger partial charge in [-0.3, -0.25) is 0 Å². The van der Waals surface area contributed by atoms with Crippen molar-refractivity contribution in [2.24, 2.45) is 22.5 Å². The van der Waals surface area contributed by atoms with Crippen molar-refractivity contribution < 1.29 is 0 Å². The van der Waals surface area contributed by atoms with Gasteiger partial charge in [-0.25, -0.2) is 0 Å². The molecule has 0 unspecified atom stereocenters. The second kappa shape index (κ2) is 6.58. The molecule has 2 nitrogen and oxygen atoms in total. The fraction of sp³-hybridized carbons (Fsp3) is 1.00. The van der Waals surface area contributed by atoms with Crippen LogP contribution >= 0.6 is 0 Å². The van der Waals surface area contributed by atoms with Crippen molar-refractivity contribution in [3.63, 3.8) is 0 Å². The summed E-state index contributed by atoms with van der Waals surface area (Å²) in [5, 5.41) is 0. The lowest BCUT2D eigenvalue weighted by atomic mass is 9.67. The van der Waals surface area contributed by atoms with Gasteiger partial charge >= 0.3 is 0 Å². The van der Waals surface area contributed by atoms with E-state index in [1.807, 2.05) is 0 Å². The summed E-state index contributed by atoms with van der Waals surface area (Å²) < 4.78 is 0. The highest BCUT2D eigenvalue weighted by molar-refractivity contribution is 4.93. The molecule has 0 bridgehead atoms. The van der Waals surface area contributed by atoms with E-state index in [9.17, 15) is 0 Å². The monoisotopic (exact) mass is 292 g/mol. The molecule has 1 aliphatic heterocycles. The van der Waals surface area contributed by atoms with Gasteiger partial charge in [0.1, 0.15) is 0 Å². The van der Waals surface area contributed by atoms with E-state index in [1.165, 1.54) is 90.3 Å². The molecule has 1 heterocycles. The Kier molecular flexibility index (Phi) is 4.95. The van der Waals surface area contributed by atoms with Gasteiger partial charge in [0.05, 0.1) is 0 Å². The minimum Gasteiger partial charge on any atom is -0.330 e. The van der Waals surface area contributed by atoms with Gasteiger partial charge in [0.2, 0.25) is 0 Å². The molecule has 1 saturated heterocycles. The predicted octanol–water partition coefficient (Wildman–Crippen LogP) is 4.19. The minimum atomic E-state index is 0.448. The first kappa shape index (κ1) is 15.8. The van der Waals surface area contributed by atoms with Crippen LogP contribution in [0, 0.1) is 16.7 Å². The fourth-order valence-electron chi connectivity index (χ4n) is 5.26. The smallest absolute Gasteiger partial charge is 0.00501 e. The highest BCUT2D eigenvalue weighted by Gasteiger charge is 2.39. The summed E-state index contributed by atoms with van der Waals surface area (Å²) in [6, 6.07) is 0. The first-order chi connectivity index (χ1) is 10.2. The largest absolute Gasteiger partial charge is 0.330 e. The van der Waals surface area contributed by atoms with E-state index in [2.05, 4.69) is 11.8 Å². The van der Waals surface area contributed by atoms with Crippen LogP contribution in [-0.2, 0) is 0 Å². The highest BCUT2D eigenvalue weighted by atomic mass is 15.1. The Hall–Kier alpha value is -0.0800. The van der Waals surface area contributed by atoms with Crippen molar-refractivity contribution in [2.45, 2.75) is 77.6 Å². The van der Waals surface area contributed by atoms with Crippen LogP contribution in [0.1, 0.15) is 77.6 Å². The van der Waals surface area contributed by atoms with Crippen LogP contribution < -0.4 is 5.73 Å². The zero-order valence-electron chi connectivity index (χ0n) is 14.2. The molecule has 0 aromatic heterocycles. The third-order valence-electron chi connectivity index (χ3n) is 7.16. The molecule has 3 aliphatic rings. The molecule has 2 N–H and O–H groups in total. The van der Waals surface area contributed by atoms with Crippen LogP contribution in [0.5, 0.6) is 0 Å². The number of nitrogens with zero attached hydrogens (tertiary/aromatic N) is 1. The maximum absolute atomic E-state index is 6.21. The standard InChI is InChI=1S/C19H36N2/c1-17-5-9-19(15-20,10-6-17)16-21-13-11-18(12-14-21)7-3-2-4-8-18/h17H,2-16,20H2,1H3. The van der Waals surface area contributed by atoms with E-state index >= 15 is 0 Å². The summed E-state index contributed by atoms with van der Waals surface area (Å²) in [6.45, 7) is 7.29. The van der Waals surface area contributed by atoms with E-state index in [0.717, 1.165) is 17.9 Å². The van der Waals surface area contributed by atoms with Crippen LogP contribution in [0.4, 0.5) is 0 Å². The highest BCUT2D eigenvalue weighted by Crippen LogP contribution is 2.46. The van der Waals surface area contributed by atoms with Crippen LogP contribution in [0.2, 0.25) is 0 Å². The molecule has 0 amide bonds. The van der Waals surface area contributed by atoms with Crippen LogP contribution in [0.25, 0.3) is 0 Å². The summed E-state index contributed by atoms with van der Waals surface area (Å²) in [4.78, 5) is 2.77. The summed E-state index contributed by atoms with van der Waals surface area (Å²) in [5.41, 5.74) is 7.40. The molecular weight excluding hydrogens is 256 g/mol.